The molecule has 0 aliphatic rings. The number of esters is 1. The molecule has 0 saturated heterocycles. The lowest BCUT2D eigenvalue weighted by molar-refractivity contribution is 0.0730. The molecule has 42 heavy (non-hydrogen) atoms. The van der Waals surface area contributed by atoms with E-state index >= 15 is 0 Å². The largest absolute Gasteiger partial charge is 0.496 e. The van der Waals surface area contributed by atoms with Gasteiger partial charge in [0.25, 0.3) is 5.91 Å². The lowest BCUT2D eigenvalue weighted by Gasteiger charge is -2.11. The van der Waals surface area contributed by atoms with Gasteiger partial charge in [0.2, 0.25) is 0 Å². The van der Waals surface area contributed by atoms with Crippen molar-refractivity contribution in [3.8, 4) is 22.6 Å². The molecular formula is C30H18Br2Cl3N3O4. The molecule has 12 heteroatoms. The van der Waals surface area contributed by atoms with Crippen molar-refractivity contribution in [3.63, 3.8) is 0 Å². The summed E-state index contributed by atoms with van der Waals surface area (Å²) in [7, 11) is 1.44. The number of carbonyl (C=O) groups excluding carboxylic acids is 2. The fourth-order valence-electron chi connectivity index (χ4n) is 4.26. The summed E-state index contributed by atoms with van der Waals surface area (Å²) in [5, 5.41) is 6.08. The molecule has 212 valence electrons. The van der Waals surface area contributed by atoms with Gasteiger partial charge < -0.3 is 14.5 Å². The normalized spacial score (nSPS) is 11.2. The number of carbonyl (C=O) groups is 2. The lowest BCUT2D eigenvalue weighted by Crippen LogP contribution is -2.19. The average Bonchev–Trinajstić information content (AvgIpc) is 3.34. The second-order valence-corrected chi connectivity index (χ2v) is 11.9. The number of hydrogen-bond donors (Lipinski definition) is 2. The zero-order valence-corrected chi connectivity index (χ0v) is 26.9. The van der Waals surface area contributed by atoms with Crippen molar-refractivity contribution in [2.75, 3.05) is 7.11 Å². The van der Waals surface area contributed by atoms with Gasteiger partial charge in [0.05, 0.1) is 23.9 Å². The molecule has 5 aromatic rings. The second kappa shape index (κ2) is 12.9. The van der Waals surface area contributed by atoms with Gasteiger partial charge in [0, 0.05) is 41.1 Å². The number of hydrazone groups is 1. The number of halogens is 5. The summed E-state index contributed by atoms with van der Waals surface area (Å²) in [5.74, 6) is -0.714. The SMILES string of the molecule is COc1ccc(Cl)cc1C(=O)Oc1ccc(Br)cc1C=NNC(=O)c1[nH]c2c(Cl)cc(Br)cc2c1-c1ccccc1Cl. The maximum Gasteiger partial charge on any atom is 0.347 e. The fourth-order valence-corrected chi connectivity index (χ4v) is 5.90. The van der Waals surface area contributed by atoms with E-state index in [0.717, 1.165) is 4.47 Å². The number of benzene rings is 4. The highest BCUT2D eigenvalue weighted by Gasteiger charge is 2.23. The second-order valence-electron chi connectivity index (χ2n) is 8.78. The molecule has 5 rings (SSSR count). The summed E-state index contributed by atoms with van der Waals surface area (Å²) < 4.78 is 12.3. The zero-order valence-electron chi connectivity index (χ0n) is 21.5. The van der Waals surface area contributed by atoms with E-state index in [1.807, 2.05) is 18.2 Å². The van der Waals surface area contributed by atoms with Crippen LogP contribution in [0.4, 0.5) is 0 Å². The van der Waals surface area contributed by atoms with Gasteiger partial charge in [-0.15, -0.1) is 0 Å². The van der Waals surface area contributed by atoms with E-state index < -0.39 is 11.9 Å². The third-order valence-corrected chi connectivity index (χ3v) is 7.93. The first kappa shape index (κ1) is 30.1. The number of ether oxygens (including phenoxy) is 2. The van der Waals surface area contributed by atoms with Crippen LogP contribution in [-0.2, 0) is 0 Å². The quantitative estimate of drug-likeness (QED) is 0.0751. The molecule has 0 aliphatic carbocycles. The number of fused-ring (bicyclic) bond motifs is 1. The summed E-state index contributed by atoms with van der Waals surface area (Å²) in [6.45, 7) is 0. The Morgan fingerprint density at radius 1 is 0.905 bits per heavy atom. The molecule has 0 radical (unpaired) electrons. The van der Waals surface area contributed by atoms with Crippen LogP contribution in [0.25, 0.3) is 22.0 Å². The highest BCUT2D eigenvalue weighted by Crippen LogP contribution is 2.40. The van der Waals surface area contributed by atoms with Crippen LogP contribution in [0.5, 0.6) is 11.5 Å². The van der Waals surface area contributed by atoms with E-state index in [0.29, 0.717) is 52.9 Å². The van der Waals surface area contributed by atoms with Crippen molar-refractivity contribution in [1.29, 1.82) is 0 Å². The summed E-state index contributed by atoms with van der Waals surface area (Å²) >= 11 is 26.0. The van der Waals surface area contributed by atoms with Crippen molar-refractivity contribution in [2.24, 2.45) is 5.10 Å². The number of H-pyrrole nitrogens is 1. The Balaban J connectivity index is 1.46. The number of nitrogens with zero attached hydrogens (tertiary/aromatic N) is 1. The lowest BCUT2D eigenvalue weighted by atomic mass is 10.0. The van der Waals surface area contributed by atoms with E-state index in [4.69, 9.17) is 44.3 Å². The third kappa shape index (κ3) is 6.35. The zero-order chi connectivity index (χ0) is 30.0. The Morgan fingerprint density at radius 2 is 1.67 bits per heavy atom. The minimum atomic E-state index is -0.680. The van der Waals surface area contributed by atoms with Crippen LogP contribution >= 0.6 is 66.7 Å². The van der Waals surface area contributed by atoms with E-state index in [-0.39, 0.29) is 17.0 Å². The Hall–Kier alpha value is -3.34. The Kier molecular flexibility index (Phi) is 9.25. The molecule has 1 amide bonds. The molecule has 7 nitrogen and oxygen atoms in total. The number of methoxy groups -OCH3 is 1. The topological polar surface area (TPSA) is 92.8 Å². The third-order valence-electron chi connectivity index (χ3n) is 6.12. The van der Waals surface area contributed by atoms with E-state index in [2.05, 4.69) is 47.4 Å². The number of amides is 1. The van der Waals surface area contributed by atoms with Gasteiger partial charge in [-0.1, -0.05) is 84.9 Å². The smallest absolute Gasteiger partial charge is 0.347 e. The van der Waals surface area contributed by atoms with E-state index in [1.165, 1.54) is 19.4 Å². The minimum absolute atomic E-state index is 0.153. The molecule has 1 heterocycles. The molecule has 0 aliphatic heterocycles. The highest BCUT2D eigenvalue weighted by molar-refractivity contribution is 9.10. The molecule has 0 bridgehead atoms. The molecule has 0 unspecified atom stereocenters. The van der Waals surface area contributed by atoms with Crippen molar-refractivity contribution < 1.29 is 19.1 Å². The van der Waals surface area contributed by atoms with Gasteiger partial charge >= 0.3 is 5.97 Å². The van der Waals surface area contributed by atoms with Gasteiger partial charge in [-0.25, -0.2) is 10.2 Å². The van der Waals surface area contributed by atoms with Gasteiger partial charge in [-0.2, -0.15) is 5.10 Å². The Labute approximate surface area is 272 Å². The van der Waals surface area contributed by atoms with Crippen LogP contribution in [0.1, 0.15) is 26.4 Å². The Morgan fingerprint density at radius 3 is 2.43 bits per heavy atom. The first-order valence-electron chi connectivity index (χ1n) is 12.1. The molecule has 0 spiro atoms. The Bertz CT molecular complexity index is 1890. The highest BCUT2D eigenvalue weighted by atomic mass is 79.9. The van der Waals surface area contributed by atoms with Crippen molar-refractivity contribution >= 4 is 95.7 Å². The average molecular weight is 751 g/mol. The van der Waals surface area contributed by atoms with Gasteiger partial charge in [-0.05, 0) is 54.6 Å². The minimum Gasteiger partial charge on any atom is -0.496 e. The summed E-state index contributed by atoms with van der Waals surface area (Å²) in [5.41, 5.74) is 5.10. The molecule has 0 atom stereocenters. The van der Waals surface area contributed by atoms with Crippen molar-refractivity contribution in [1.82, 2.24) is 10.4 Å². The molecule has 0 saturated carbocycles. The van der Waals surface area contributed by atoms with Crippen LogP contribution in [-0.4, -0.2) is 30.2 Å². The number of aromatic amines is 1. The summed E-state index contributed by atoms with van der Waals surface area (Å²) in [4.78, 5) is 29.5. The number of rotatable bonds is 7. The predicted molar refractivity (Wildman–Crippen MR) is 174 cm³/mol. The number of aromatic nitrogens is 1. The maximum absolute atomic E-state index is 13.4. The van der Waals surface area contributed by atoms with E-state index in [1.54, 1.807) is 48.5 Å². The fraction of sp³-hybridized carbons (Fsp3) is 0.0333. The standard InChI is InChI=1S/C30H18Br2Cl3N3O4/c1-41-25-9-7-18(33)13-20(25)30(40)42-24-8-6-16(31)10-15(24)14-36-38-29(39)28-26(19-4-2-3-5-22(19)34)21-11-17(32)12-23(35)27(21)37-28/h2-14,37H,1H3,(H,38,39). The molecule has 2 N–H and O–H groups in total. The van der Waals surface area contributed by atoms with Gasteiger partial charge in [0.15, 0.2) is 0 Å². The maximum atomic E-state index is 13.4. The molecule has 0 fully saturated rings. The van der Waals surface area contributed by atoms with Crippen LogP contribution in [0.15, 0.2) is 86.8 Å². The van der Waals surface area contributed by atoms with Crippen LogP contribution < -0.4 is 14.9 Å². The number of hydrogen-bond acceptors (Lipinski definition) is 5. The van der Waals surface area contributed by atoms with Crippen molar-refractivity contribution in [2.45, 2.75) is 0 Å². The molecule has 1 aromatic heterocycles. The first-order valence-corrected chi connectivity index (χ1v) is 14.8. The van der Waals surface area contributed by atoms with Gasteiger partial charge in [-0.3, -0.25) is 4.79 Å². The first-order chi connectivity index (χ1) is 20.2. The monoisotopic (exact) mass is 747 g/mol. The summed E-state index contributed by atoms with van der Waals surface area (Å²) in [6, 6.07) is 20.4. The molecule has 4 aromatic carbocycles. The van der Waals surface area contributed by atoms with Crippen LogP contribution in [0.3, 0.4) is 0 Å². The van der Waals surface area contributed by atoms with Gasteiger partial charge in [0.1, 0.15) is 22.8 Å². The van der Waals surface area contributed by atoms with Crippen molar-refractivity contribution in [3.05, 3.63) is 114 Å². The van der Waals surface area contributed by atoms with Crippen LogP contribution in [0, 0.1) is 0 Å². The van der Waals surface area contributed by atoms with Crippen LogP contribution in [0.2, 0.25) is 15.1 Å². The molecular weight excluding hydrogens is 733 g/mol. The predicted octanol–water partition coefficient (Wildman–Crippen LogP) is 9.31. The summed E-state index contributed by atoms with van der Waals surface area (Å²) in [6.07, 6.45) is 1.36. The number of nitrogens with one attached hydrogen (secondary N) is 2. The van der Waals surface area contributed by atoms with E-state index in [9.17, 15) is 9.59 Å².